The van der Waals surface area contributed by atoms with Gasteiger partial charge in [0.25, 0.3) is 17.4 Å². The Kier molecular flexibility index (Phi) is 6.59. The number of rotatable bonds is 7. The number of sulfone groups is 1. The van der Waals surface area contributed by atoms with E-state index in [0.717, 1.165) is 28.0 Å². The number of aryl methyl sites for hydroxylation is 1. The monoisotopic (exact) mass is 449 g/mol. The molecule has 1 aromatic carbocycles. The summed E-state index contributed by atoms with van der Waals surface area (Å²) >= 11 is 0. The van der Waals surface area contributed by atoms with Gasteiger partial charge in [-0.25, -0.2) is 12.8 Å². The maximum Gasteiger partial charge on any atom is 0.273 e. The third kappa shape index (κ3) is 5.38. The van der Waals surface area contributed by atoms with Gasteiger partial charge in [-0.2, -0.15) is 0 Å². The Morgan fingerprint density at radius 2 is 1.84 bits per heavy atom. The summed E-state index contributed by atoms with van der Waals surface area (Å²) in [6.45, 7) is 2.40. The van der Waals surface area contributed by atoms with Gasteiger partial charge in [-0.05, 0) is 25.0 Å². The van der Waals surface area contributed by atoms with Crippen molar-refractivity contribution in [3.8, 4) is 0 Å². The number of amides is 2. The second-order valence-corrected chi connectivity index (χ2v) is 9.92. The van der Waals surface area contributed by atoms with Crippen molar-refractivity contribution in [1.82, 2.24) is 14.8 Å². The molecule has 1 aliphatic heterocycles. The highest BCUT2D eigenvalue weighted by Crippen LogP contribution is 2.16. The molecule has 0 unspecified atom stereocenters. The molecular weight excluding hydrogens is 425 g/mol. The molecule has 1 aromatic heterocycles. The molecule has 1 aliphatic rings. The summed E-state index contributed by atoms with van der Waals surface area (Å²) in [6, 6.07) is 8.25. The SMILES string of the molecule is Cc1ccc(CNC(=O)c2cc(F)c3n(c2=O)CCN(CCCS(C)(=O)=O)C3=O)cc1. The second kappa shape index (κ2) is 9.01. The van der Waals surface area contributed by atoms with Crippen LogP contribution in [0.2, 0.25) is 0 Å². The molecule has 0 saturated heterocycles. The highest BCUT2D eigenvalue weighted by atomic mass is 32.2. The predicted molar refractivity (Wildman–Crippen MR) is 113 cm³/mol. The van der Waals surface area contributed by atoms with Crippen LogP contribution < -0.4 is 10.9 Å². The normalized spacial score (nSPS) is 13.8. The average molecular weight is 450 g/mol. The van der Waals surface area contributed by atoms with Crippen molar-refractivity contribution >= 4 is 21.7 Å². The van der Waals surface area contributed by atoms with Gasteiger partial charge in [0.1, 0.15) is 21.1 Å². The number of aromatic nitrogens is 1. The summed E-state index contributed by atoms with van der Waals surface area (Å²) in [5.41, 5.74) is 0.386. The van der Waals surface area contributed by atoms with Crippen LogP contribution in [0.5, 0.6) is 0 Å². The van der Waals surface area contributed by atoms with E-state index >= 15 is 0 Å². The number of pyridine rings is 1. The van der Waals surface area contributed by atoms with Crippen LogP contribution in [0, 0.1) is 12.7 Å². The Bertz CT molecular complexity index is 1170. The molecule has 1 N–H and O–H groups in total. The maximum atomic E-state index is 14.7. The van der Waals surface area contributed by atoms with Crippen LogP contribution in [-0.4, -0.2) is 54.8 Å². The maximum absolute atomic E-state index is 14.7. The summed E-state index contributed by atoms with van der Waals surface area (Å²) in [5.74, 6) is -2.46. The minimum absolute atomic E-state index is 0.0226. The molecule has 2 heterocycles. The zero-order valence-corrected chi connectivity index (χ0v) is 18.2. The molecule has 0 fully saturated rings. The lowest BCUT2D eigenvalue weighted by atomic mass is 10.1. The van der Waals surface area contributed by atoms with Gasteiger partial charge < -0.3 is 10.2 Å². The fourth-order valence-electron chi connectivity index (χ4n) is 3.41. The number of carbonyl (C=O) groups excluding carboxylic acids is 2. The highest BCUT2D eigenvalue weighted by Gasteiger charge is 2.30. The fourth-order valence-corrected chi connectivity index (χ4v) is 4.07. The molecule has 0 bridgehead atoms. The van der Waals surface area contributed by atoms with Gasteiger partial charge >= 0.3 is 0 Å². The van der Waals surface area contributed by atoms with Gasteiger partial charge in [0.2, 0.25) is 0 Å². The van der Waals surface area contributed by atoms with Crippen molar-refractivity contribution in [1.29, 1.82) is 0 Å². The number of carbonyl (C=O) groups is 2. The second-order valence-electron chi connectivity index (χ2n) is 7.66. The predicted octanol–water partition coefficient (Wildman–Crippen LogP) is 1.12. The van der Waals surface area contributed by atoms with Crippen LogP contribution in [0.25, 0.3) is 0 Å². The Balaban J connectivity index is 1.76. The summed E-state index contributed by atoms with van der Waals surface area (Å²) in [4.78, 5) is 39.2. The first-order chi connectivity index (χ1) is 14.6. The molecule has 0 spiro atoms. The van der Waals surface area contributed by atoms with Crippen molar-refractivity contribution in [3.63, 3.8) is 0 Å². The molecule has 0 aliphatic carbocycles. The van der Waals surface area contributed by atoms with Crippen molar-refractivity contribution in [2.75, 3.05) is 25.1 Å². The highest BCUT2D eigenvalue weighted by molar-refractivity contribution is 7.90. The summed E-state index contributed by atoms with van der Waals surface area (Å²) in [7, 11) is -3.17. The van der Waals surface area contributed by atoms with Gasteiger partial charge in [-0.3, -0.25) is 19.0 Å². The molecule has 8 nitrogen and oxygen atoms in total. The number of nitrogens with one attached hydrogen (secondary N) is 1. The number of hydrogen-bond donors (Lipinski definition) is 1. The van der Waals surface area contributed by atoms with Crippen LogP contribution in [0.3, 0.4) is 0 Å². The van der Waals surface area contributed by atoms with E-state index in [1.54, 1.807) is 0 Å². The van der Waals surface area contributed by atoms with Crippen molar-refractivity contribution in [2.24, 2.45) is 0 Å². The van der Waals surface area contributed by atoms with Crippen molar-refractivity contribution in [3.05, 3.63) is 68.9 Å². The fraction of sp³-hybridized carbons (Fsp3) is 0.381. The lowest BCUT2D eigenvalue weighted by molar-refractivity contribution is 0.0691. The topological polar surface area (TPSA) is 106 Å². The number of nitrogens with zero attached hydrogens (tertiary/aromatic N) is 2. The van der Waals surface area contributed by atoms with Gasteiger partial charge in [-0.15, -0.1) is 0 Å². The number of benzene rings is 1. The summed E-state index contributed by atoms with van der Waals surface area (Å²) in [6.07, 6.45) is 1.32. The zero-order valence-electron chi connectivity index (χ0n) is 17.4. The Morgan fingerprint density at radius 3 is 2.48 bits per heavy atom. The number of halogens is 1. The van der Waals surface area contributed by atoms with Crippen LogP contribution in [0.1, 0.15) is 38.4 Å². The summed E-state index contributed by atoms with van der Waals surface area (Å²) in [5, 5.41) is 2.60. The molecule has 0 radical (unpaired) electrons. The summed E-state index contributed by atoms with van der Waals surface area (Å²) < 4.78 is 38.2. The van der Waals surface area contributed by atoms with Crippen LogP contribution in [0.15, 0.2) is 35.1 Å². The lowest BCUT2D eigenvalue weighted by Crippen LogP contribution is -2.47. The van der Waals surface area contributed by atoms with E-state index < -0.39 is 38.7 Å². The molecule has 31 heavy (non-hydrogen) atoms. The van der Waals surface area contributed by atoms with Crippen LogP contribution >= 0.6 is 0 Å². The molecule has 0 atom stereocenters. The Morgan fingerprint density at radius 1 is 1.16 bits per heavy atom. The molecule has 10 heteroatoms. The van der Waals surface area contributed by atoms with Gasteiger partial charge in [0.15, 0.2) is 5.82 Å². The number of hydrogen-bond acceptors (Lipinski definition) is 5. The third-order valence-corrected chi connectivity index (χ3v) is 6.12. The molecule has 166 valence electrons. The van der Waals surface area contributed by atoms with Crippen molar-refractivity contribution < 1.29 is 22.4 Å². The van der Waals surface area contributed by atoms with Gasteiger partial charge in [-0.1, -0.05) is 29.8 Å². The Hall–Kier alpha value is -3.01. The van der Waals surface area contributed by atoms with E-state index in [-0.39, 0.29) is 43.9 Å². The van der Waals surface area contributed by atoms with E-state index in [1.807, 2.05) is 31.2 Å². The first-order valence-corrected chi connectivity index (χ1v) is 11.9. The first-order valence-electron chi connectivity index (χ1n) is 9.81. The standard InChI is InChI=1S/C21H24FN3O5S/c1-14-4-6-15(7-5-14)13-23-19(26)16-12-17(22)18-21(28)24(8-3-11-31(2,29)30)9-10-25(18)20(16)27/h4-7,12H,3,8-11,13H2,1-2H3,(H,23,26). The Labute approximate surface area is 179 Å². The van der Waals surface area contributed by atoms with E-state index in [9.17, 15) is 27.2 Å². The van der Waals surface area contributed by atoms with Crippen LogP contribution in [0.4, 0.5) is 4.39 Å². The molecule has 3 rings (SSSR count). The largest absolute Gasteiger partial charge is 0.348 e. The van der Waals surface area contributed by atoms with Crippen molar-refractivity contribution in [2.45, 2.75) is 26.4 Å². The molecule has 0 saturated carbocycles. The first kappa shape index (κ1) is 22.7. The zero-order chi connectivity index (χ0) is 22.8. The lowest BCUT2D eigenvalue weighted by Gasteiger charge is -2.30. The smallest absolute Gasteiger partial charge is 0.273 e. The molecular formula is C21H24FN3O5S. The number of fused-ring (bicyclic) bond motifs is 1. The minimum atomic E-state index is -3.17. The van der Waals surface area contributed by atoms with E-state index in [2.05, 4.69) is 5.32 Å². The third-order valence-electron chi connectivity index (χ3n) is 5.09. The van der Waals surface area contributed by atoms with E-state index in [1.165, 1.54) is 4.90 Å². The van der Waals surface area contributed by atoms with Gasteiger partial charge in [0.05, 0.1) is 5.75 Å². The average Bonchev–Trinajstić information content (AvgIpc) is 2.70. The van der Waals surface area contributed by atoms with E-state index in [0.29, 0.717) is 0 Å². The van der Waals surface area contributed by atoms with E-state index in [4.69, 9.17) is 0 Å². The quantitative estimate of drug-likeness (QED) is 0.682. The van der Waals surface area contributed by atoms with Gasteiger partial charge in [0, 0.05) is 32.4 Å². The molecule has 2 amide bonds. The van der Waals surface area contributed by atoms with Crippen LogP contribution in [-0.2, 0) is 22.9 Å². The minimum Gasteiger partial charge on any atom is -0.348 e. The molecule has 2 aromatic rings.